The number of cyclic esters (lactones) is 1. The van der Waals surface area contributed by atoms with Crippen LogP contribution in [0.25, 0.3) is 0 Å². The molecule has 0 N–H and O–H groups in total. The van der Waals surface area contributed by atoms with Gasteiger partial charge in [-0.3, -0.25) is 9.69 Å². The molecule has 2 aliphatic rings. The number of carbonyl (C=O) groups excluding carboxylic acids is 2. The fraction of sp³-hybridized carbons (Fsp3) is 0.462. The number of β-lactam (4-membered cyclic amide) rings is 1. The van der Waals surface area contributed by atoms with Gasteiger partial charge in [0.2, 0.25) is 0 Å². The van der Waals surface area contributed by atoms with Gasteiger partial charge in [0.15, 0.2) is 0 Å². The number of benzene rings is 2. The van der Waals surface area contributed by atoms with E-state index in [1.807, 2.05) is 65.6 Å². The maximum Gasteiger partial charge on any atom is 0.411 e. The summed E-state index contributed by atoms with van der Waals surface area (Å²) in [5.74, 6) is -0.115. The predicted molar refractivity (Wildman–Crippen MR) is 137 cm³/mol. The van der Waals surface area contributed by atoms with Crippen LogP contribution >= 0.6 is 0 Å². The molecule has 0 radical (unpaired) electrons. The van der Waals surface area contributed by atoms with E-state index in [-0.39, 0.29) is 18.6 Å². The summed E-state index contributed by atoms with van der Waals surface area (Å²) in [5, 5.41) is -0.886. The number of likely N-dealkylation sites (tertiary alicyclic amines) is 1. The number of nitrogens with zero attached hydrogens (tertiary/aromatic N) is 2. The third-order valence-corrected chi connectivity index (χ3v) is 14.5. The van der Waals surface area contributed by atoms with Crippen molar-refractivity contribution in [2.75, 3.05) is 13.2 Å². The molecule has 2 aromatic rings. The van der Waals surface area contributed by atoms with Gasteiger partial charge in [-0.25, -0.2) is 4.79 Å². The Hall–Kier alpha value is -2.39. The SMILES string of the molecule is [2H]C(N1C[C@@](Cc2ccccc2)(N2C(=O)OC[C@@H]2c2ccccc2)C1=O)([Si](C)(C)C)[Si](C)(C)C. The molecule has 0 aliphatic carbocycles. The van der Waals surface area contributed by atoms with Gasteiger partial charge in [-0.15, -0.1) is 0 Å². The van der Waals surface area contributed by atoms with Crippen LogP contribution in [0.2, 0.25) is 39.3 Å². The van der Waals surface area contributed by atoms with Crippen molar-refractivity contribution in [2.24, 2.45) is 0 Å². The maximum atomic E-state index is 14.3. The Morgan fingerprint density at radius 2 is 1.52 bits per heavy atom. The molecule has 0 unspecified atom stereocenters. The van der Waals surface area contributed by atoms with Gasteiger partial charge in [0.05, 0.1) is 28.7 Å². The molecule has 2 atom stereocenters. The van der Waals surface area contributed by atoms with Crippen molar-refractivity contribution >= 4 is 28.1 Å². The minimum absolute atomic E-state index is 0.115. The first-order chi connectivity index (χ1) is 15.8. The number of hydrogen-bond acceptors (Lipinski definition) is 3. The first-order valence-corrected chi connectivity index (χ1v) is 18.7. The molecule has 2 aliphatic heterocycles. The zero-order valence-electron chi connectivity index (χ0n) is 21.6. The zero-order chi connectivity index (χ0) is 24.9. The average Bonchev–Trinajstić information content (AvgIpc) is 3.17. The lowest BCUT2D eigenvalue weighted by atomic mass is 9.79. The van der Waals surface area contributed by atoms with Crippen LogP contribution < -0.4 is 0 Å². The molecule has 2 aromatic carbocycles. The highest BCUT2D eigenvalue weighted by Crippen LogP contribution is 2.45. The lowest BCUT2D eigenvalue weighted by Crippen LogP contribution is -2.81. The van der Waals surface area contributed by atoms with Crippen LogP contribution in [-0.2, 0) is 16.0 Å². The molecular weight excluding hydrogens is 444 g/mol. The van der Waals surface area contributed by atoms with Crippen LogP contribution in [0.3, 0.4) is 0 Å². The molecule has 2 heterocycles. The summed E-state index contributed by atoms with van der Waals surface area (Å²) in [4.78, 5) is 31.0. The molecular formula is C26H36N2O3Si2. The molecule has 2 fully saturated rings. The second-order valence-electron chi connectivity index (χ2n) is 11.3. The third-order valence-electron chi connectivity index (χ3n) is 6.61. The summed E-state index contributed by atoms with van der Waals surface area (Å²) in [7, 11) is -4.23. The number of carbonyl (C=O) groups is 2. The second kappa shape index (κ2) is 8.44. The minimum Gasteiger partial charge on any atom is -0.447 e. The Morgan fingerprint density at radius 1 is 0.970 bits per heavy atom. The van der Waals surface area contributed by atoms with E-state index in [2.05, 4.69) is 39.3 Å². The predicted octanol–water partition coefficient (Wildman–Crippen LogP) is 5.13. The molecule has 2 amide bonds. The third kappa shape index (κ3) is 4.28. The van der Waals surface area contributed by atoms with E-state index in [9.17, 15) is 11.0 Å². The van der Waals surface area contributed by atoms with E-state index in [0.29, 0.717) is 13.0 Å². The summed E-state index contributed by atoms with van der Waals surface area (Å²) >= 11 is 0. The number of rotatable bonds is 7. The van der Waals surface area contributed by atoms with Crippen molar-refractivity contribution in [1.82, 2.24) is 9.80 Å². The Morgan fingerprint density at radius 3 is 2.03 bits per heavy atom. The standard InChI is InChI=1S/C26H36N2O3Si2/c1-32(2,3)25(33(4,5)6)27-19-26(23(27)29,17-20-13-9-7-10-14-20)28-22(18-31-24(28)30)21-15-11-8-12-16-21/h7-16,22,25H,17-19H2,1-6H3/t22-,26-/m1/s1/i25D. The topological polar surface area (TPSA) is 49.9 Å². The molecule has 2 saturated heterocycles. The number of amides is 2. The van der Waals surface area contributed by atoms with Crippen molar-refractivity contribution in [3.63, 3.8) is 0 Å². The van der Waals surface area contributed by atoms with Crippen molar-refractivity contribution in [3.05, 3.63) is 71.8 Å². The molecule has 0 aromatic heterocycles. The lowest BCUT2D eigenvalue weighted by Gasteiger charge is -2.60. The van der Waals surface area contributed by atoms with Crippen molar-refractivity contribution < 1.29 is 15.7 Å². The van der Waals surface area contributed by atoms with Crippen LogP contribution in [-0.4, -0.2) is 61.9 Å². The molecule has 0 spiro atoms. The van der Waals surface area contributed by atoms with Crippen molar-refractivity contribution in [2.45, 2.75) is 62.5 Å². The second-order valence-corrected chi connectivity index (χ2v) is 21.8. The van der Waals surface area contributed by atoms with Gasteiger partial charge < -0.3 is 9.64 Å². The normalized spacial score (nSPS) is 24.4. The summed E-state index contributed by atoms with van der Waals surface area (Å²) in [6, 6.07) is 19.3. The highest BCUT2D eigenvalue weighted by molar-refractivity contribution is 6.96. The van der Waals surface area contributed by atoms with Gasteiger partial charge in [-0.2, -0.15) is 0 Å². The Kier molecular flexibility index (Phi) is 5.73. The molecule has 33 heavy (non-hydrogen) atoms. The van der Waals surface area contributed by atoms with Crippen LogP contribution in [0.4, 0.5) is 4.79 Å². The van der Waals surface area contributed by atoms with Gasteiger partial charge in [-0.05, 0) is 11.1 Å². The van der Waals surface area contributed by atoms with Crippen LogP contribution in [0.1, 0.15) is 18.5 Å². The summed E-state index contributed by atoms with van der Waals surface area (Å²) < 4.78 is 15.2. The van der Waals surface area contributed by atoms with E-state index in [4.69, 9.17) is 4.74 Å². The molecule has 0 bridgehead atoms. The summed E-state index contributed by atoms with van der Waals surface area (Å²) in [5.41, 5.74) is 0.902. The van der Waals surface area contributed by atoms with Crippen LogP contribution in [0.5, 0.6) is 0 Å². The van der Waals surface area contributed by atoms with E-state index >= 15 is 0 Å². The molecule has 0 saturated carbocycles. The van der Waals surface area contributed by atoms with Crippen LogP contribution in [0, 0.1) is 0 Å². The van der Waals surface area contributed by atoms with Gasteiger partial charge in [0.1, 0.15) is 12.1 Å². The van der Waals surface area contributed by atoms with E-state index in [1.165, 1.54) is 0 Å². The molecule has 5 nitrogen and oxygen atoms in total. The fourth-order valence-electron chi connectivity index (χ4n) is 5.82. The van der Waals surface area contributed by atoms with Gasteiger partial charge >= 0.3 is 6.09 Å². The summed E-state index contributed by atoms with van der Waals surface area (Å²) in [6.07, 6.45) is -0.0379. The largest absolute Gasteiger partial charge is 0.447 e. The molecule has 7 heteroatoms. The Balaban J connectivity index is 1.80. The highest BCUT2D eigenvalue weighted by Gasteiger charge is 2.64. The molecule has 176 valence electrons. The highest BCUT2D eigenvalue weighted by atomic mass is 28.4. The number of ether oxygens (including phenoxy) is 1. The zero-order valence-corrected chi connectivity index (χ0v) is 22.6. The van der Waals surface area contributed by atoms with E-state index in [0.717, 1.165) is 11.1 Å². The van der Waals surface area contributed by atoms with E-state index in [1.54, 1.807) is 4.90 Å². The van der Waals surface area contributed by atoms with Gasteiger partial charge in [-0.1, -0.05) is 99.9 Å². The molecule has 4 rings (SSSR count). The number of hydrogen-bond donors (Lipinski definition) is 0. The average molecular weight is 482 g/mol. The first kappa shape index (κ1) is 22.4. The Bertz CT molecular complexity index is 1050. The van der Waals surface area contributed by atoms with Crippen molar-refractivity contribution in [3.8, 4) is 0 Å². The minimum atomic E-state index is -2.11. The van der Waals surface area contributed by atoms with Gasteiger partial charge in [0.25, 0.3) is 5.91 Å². The fourth-order valence-corrected chi connectivity index (χ4v) is 16.8. The monoisotopic (exact) mass is 481 g/mol. The van der Waals surface area contributed by atoms with Crippen molar-refractivity contribution in [1.29, 1.82) is 0 Å². The van der Waals surface area contributed by atoms with E-state index < -0.39 is 33.0 Å². The first-order valence-electron chi connectivity index (χ1n) is 12.2. The maximum absolute atomic E-state index is 14.3. The lowest BCUT2D eigenvalue weighted by molar-refractivity contribution is -0.162. The van der Waals surface area contributed by atoms with Gasteiger partial charge in [0, 0.05) is 13.1 Å². The smallest absolute Gasteiger partial charge is 0.411 e. The van der Waals surface area contributed by atoms with Crippen LogP contribution in [0.15, 0.2) is 60.7 Å². The Labute approximate surface area is 201 Å². The summed E-state index contributed by atoms with van der Waals surface area (Å²) in [6.45, 7) is 13.7. The quantitative estimate of drug-likeness (QED) is 0.407.